The molecule has 1 aliphatic carbocycles. The predicted octanol–water partition coefficient (Wildman–Crippen LogP) is 2.70. The molecular formula is C14H23N3. The lowest BCUT2D eigenvalue weighted by molar-refractivity contribution is 0.142. The molecule has 1 aromatic rings. The third-order valence-corrected chi connectivity index (χ3v) is 4.36. The van der Waals surface area contributed by atoms with Gasteiger partial charge in [-0.1, -0.05) is 6.42 Å². The Labute approximate surface area is 104 Å². The zero-order valence-electron chi connectivity index (χ0n) is 10.8. The minimum Gasteiger partial charge on any atom is -0.346 e. The molecule has 3 heteroatoms. The average molecular weight is 233 g/mol. The van der Waals surface area contributed by atoms with Gasteiger partial charge in [0.15, 0.2) is 0 Å². The average Bonchev–Trinajstić information content (AvgIpc) is 2.71. The maximum absolute atomic E-state index is 4.50. The lowest BCUT2D eigenvalue weighted by Gasteiger charge is -2.37. The summed E-state index contributed by atoms with van der Waals surface area (Å²) < 4.78 is 0. The zero-order chi connectivity index (χ0) is 11.7. The van der Waals surface area contributed by atoms with Gasteiger partial charge in [-0.15, -0.1) is 0 Å². The highest BCUT2D eigenvalue weighted by Crippen LogP contribution is 2.30. The molecule has 3 rings (SSSR count). The number of hydrogen-bond donors (Lipinski definition) is 1. The van der Waals surface area contributed by atoms with E-state index >= 15 is 0 Å². The maximum atomic E-state index is 4.50. The van der Waals surface area contributed by atoms with Gasteiger partial charge in [-0.25, -0.2) is 4.98 Å². The molecule has 1 N–H and O–H groups in total. The topological polar surface area (TPSA) is 31.9 Å². The number of aryl methyl sites for hydroxylation is 1. The quantitative estimate of drug-likeness (QED) is 0.870. The smallest absolute Gasteiger partial charge is 0.110 e. The van der Waals surface area contributed by atoms with Gasteiger partial charge in [-0.05, 0) is 45.1 Å². The summed E-state index contributed by atoms with van der Waals surface area (Å²) in [5.41, 5.74) is 1.19. The third kappa shape index (κ3) is 2.54. The van der Waals surface area contributed by atoms with Gasteiger partial charge in [0.25, 0.3) is 0 Å². The van der Waals surface area contributed by atoms with E-state index in [2.05, 4.69) is 21.8 Å². The number of imidazole rings is 1. The normalized spacial score (nSPS) is 27.0. The second kappa shape index (κ2) is 4.81. The van der Waals surface area contributed by atoms with Gasteiger partial charge in [0.1, 0.15) is 5.82 Å². The number of nitrogens with one attached hydrogen (secondary N) is 1. The Bertz CT molecular complexity index is 367. The van der Waals surface area contributed by atoms with Gasteiger partial charge in [0.05, 0.1) is 0 Å². The zero-order valence-corrected chi connectivity index (χ0v) is 10.8. The standard InChI is InChI=1S/C14H23N3/c1-11-8-15-14(16-11)13-6-3-7-17(10-13)9-12-4-2-5-12/h8,12-13H,2-7,9-10H2,1H3,(H,15,16)/t13-/m1/s1. The number of H-pyrrole nitrogens is 1. The van der Waals surface area contributed by atoms with Crippen molar-refractivity contribution < 1.29 is 0 Å². The van der Waals surface area contributed by atoms with E-state index in [9.17, 15) is 0 Å². The predicted molar refractivity (Wildman–Crippen MR) is 69.1 cm³/mol. The van der Waals surface area contributed by atoms with E-state index in [1.807, 2.05) is 6.20 Å². The van der Waals surface area contributed by atoms with E-state index in [1.54, 1.807) is 0 Å². The van der Waals surface area contributed by atoms with Crippen molar-refractivity contribution in [3.05, 3.63) is 17.7 Å². The fourth-order valence-electron chi connectivity index (χ4n) is 3.13. The third-order valence-electron chi connectivity index (χ3n) is 4.36. The number of rotatable bonds is 3. The van der Waals surface area contributed by atoms with Crippen LogP contribution in [0.2, 0.25) is 0 Å². The first-order chi connectivity index (χ1) is 8.31. The summed E-state index contributed by atoms with van der Waals surface area (Å²) in [5.74, 6) is 2.84. The minimum atomic E-state index is 0.637. The molecule has 1 saturated heterocycles. The lowest BCUT2D eigenvalue weighted by atomic mass is 9.84. The SMILES string of the molecule is Cc1cnc([C@@H]2CCCN(CC3CCC3)C2)[nH]1. The molecule has 0 unspecified atom stereocenters. The molecule has 0 aromatic carbocycles. The van der Waals surface area contributed by atoms with E-state index in [0.717, 1.165) is 5.92 Å². The minimum absolute atomic E-state index is 0.637. The molecule has 1 saturated carbocycles. The van der Waals surface area contributed by atoms with Crippen molar-refractivity contribution in [2.75, 3.05) is 19.6 Å². The van der Waals surface area contributed by atoms with Crippen LogP contribution in [0.15, 0.2) is 6.20 Å². The lowest BCUT2D eigenvalue weighted by Crippen LogP contribution is -2.39. The molecule has 0 amide bonds. The van der Waals surface area contributed by atoms with Crippen molar-refractivity contribution >= 4 is 0 Å². The van der Waals surface area contributed by atoms with Gasteiger partial charge in [-0.2, -0.15) is 0 Å². The Morgan fingerprint density at radius 1 is 1.35 bits per heavy atom. The summed E-state index contributed by atoms with van der Waals surface area (Å²) in [7, 11) is 0. The number of hydrogen-bond acceptors (Lipinski definition) is 2. The molecule has 2 heterocycles. The van der Waals surface area contributed by atoms with Gasteiger partial charge < -0.3 is 9.88 Å². The number of nitrogens with zero attached hydrogens (tertiary/aromatic N) is 2. The maximum Gasteiger partial charge on any atom is 0.110 e. The van der Waals surface area contributed by atoms with Crippen LogP contribution in [-0.2, 0) is 0 Å². The molecule has 1 atom stereocenters. The molecule has 1 aromatic heterocycles. The monoisotopic (exact) mass is 233 g/mol. The summed E-state index contributed by atoms with van der Waals surface area (Å²) in [5, 5.41) is 0. The second-order valence-electron chi connectivity index (χ2n) is 5.85. The largest absolute Gasteiger partial charge is 0.346 e. The summed E-state index contributed by atoms with van der Waals surface area (Å²) in [6, 6.07) is 0. The van der Waals surface area contributed by atoms with Crippen molar-refractivity contribution in [3.63, 3.8) is 0 Å². The molecule has 0 spiro atoms. The summed E-state index contributed by atoms with van der Waals surface area (Å²) in [6.07, 6.45) is 8.97. The molecule has 0 radical (unpaired) electrons. The van der Waals surface area contributed by atoms with Gasteiger partial charge >= 0.3 is 0 Å². The summed E-state index contributed by atoms with van der Waals surface area (Å²) in [6.45, 7) is 5.93. The Morgan fingerprint density at radius 2 is 2.24 bits per heavy atom. The Kier molecular flexibility index (Phi) is 3.19. The highest BCUT2D eigenvalue weighted by Gasteiger charge is 2.26. The number of likely N-dealkylation sites (tertiary alicyclic amines) is 1. The summed E-state index contributed by atoms with van der Waals surface area (Å²) in [4.78, 5) is 10.6. The van der Waals surface area contributed by atoms with Crippen LogP contribution in [0.4, 0.5) is 0 Å². The van der Waals surface area contributed by atoms with Crippen LogP contribution < -0.4 is 0 Å². The molecule has 94 valence electrons. The Hall–Kier alpha value is -0.830. The van der Waals surface area contributed by atoms with Crippen LogP contribution in [0.25, 0.3) is 0 Å². The van der Waals surface area contributed by atoms with Crippen molar-refractivity contribution in [3.8, 4) is 0 Å². The molecule has 1 aliphatic heterocycles. The van der Waals surface area contributed by atoms with Crippen molar-refractivity contribution in [1.82, 2.24) is 14.9 Å². The van der Waals surface area contributed by atoms with Crippen LogP contribution in [-0.4, -0.2) is 34.5 Å². The summed E-state index contributed by atoms with van der Waals surface area (Å²) >= 11 is 0. The first-order valence-corrected chi connectivity index (χ1v) is 7.05. The van der Waals surface area contributed by atoms with Gasteiger partial charge in [0, 0.05) is 30.9 Å². The van der Waals surface area contributed by atoms with Crippen LogP contribution in [0.1, 0.15) is 49.5 Å². The fraction of sp³-hybridized carbons (Fsp3) is 0.786. The first kappa shape index (κ1) is 11.3. The molecule has 2 aliphatic rings. The fourth-order valence-corrected chi connectivity index (χ4v) is 3.13. The highest BCUT2D eigenvalue weighted by molar-refractivity contribution is 5.05. The van der Waals surface area contributed by atoms with Crippen molar-refractivity contribution in [1.29, 1.82) is 0 Å². The van der Waals surface area contributed by atoms with Crippen molar-refractivity contribution in [2.24, 2.45) is 5.92 Å². The van der Waals surface area contributed by atoms with Crippen LogP contribution in [0.3, 0.4) is 0 Å². The van der Waals surface area contributed by atoms with Gasteiger partial charge in [0.2, 0.25) is 0 Å². The van der Waals surface area contributed by atoms with E-state index in [1.165, 1.54) is 63.3 Å². The molecule has 2 fully saturated rings. The van der Waals surface area contributed by atoms with E-state index in [0.29, 0.717) is 5.92 Å². The molecule has 3 nitrogen and oxygen atoms in total. The van der Waals surface area contributed by atoms with E-state index < -0.39 is 0 Å². The highest BCUT2D eigenvalue weighted by atomic mass is 15.1. The number of piperidine rings is 1. The Balaban J connectivity index is 1.58. The number of aromatic amines is 1. The van der Waals surface area contributed by atoms with Crippen LogP contribution in [0.5, 0.6) is 0 Å². The molecule has 0 bridgehead atoms. The van der Waals surface area contributed by atoms with Crippen LogP contribution in [0, 0.1) is 12.8 Å². The molecular weight excluding hydrogens is 210 g/mol. The van der Waals surface area contributed by atoms with Gasteiger partial charge in [-0.3, -0.25) is 0 Å². The number of aromatic nitrogens is 2. The van der Waals surface area contributed by atoms with Crippen LogP contribution >= 0.6 is 0 Å². The van der Waals surface area contributed by atoms with Crippen molar-refractivity contribution in [2.45, 2.75) is 44.9 Å². The van der Waals surface area contributed by atoms with E-state index in [4.69, 9.17) is 0 Å². The van der Waals surface area contributed by atoms with E-state index in [-0.39, 0.29) is 0 Å². The molecule has 17 heavy (non-hydrogen) atoms. The Morgan fingerprint density at radius 3 is 2.88 bits per heavy atom. The first-order valence-electron chi connectivity index (χ1n) is 7.05. The second-order valence-corrected chi connectivity index (χ2v) is 5.85.